The molecule has 0 fully saturated rings. The average molecular weight is 398 g/mol. The molecule has 2 aromatic carbocycles. The Hall–Kier alpha value is -3.87. The van der Waals surface area contributed by atoms with Crippen LogP contribution in [0.1, 0.15) is 34.0 Å². The number of hydrogen-bond donors (Lipinski definition) is 0. The fraction of sp³-hybridized carbons (Fsp3) is 0.174. The number of aromatic nitrogens is 5. The van der Waals surface area contributed by atoms with Crippen LogP contribution in [-0.4, -0.2) is 36.0 Å². The predicted octanol–water partition coefficient (Wildman–Crippen LogP) is 3.46. The number of aryl methyl sites for hydroxylation is 1. The second-order valence-corrected chi connectivity index (χ2v) is 6.99. The van der Waals surface area contributed by atoms with Crippen molar-refractivity contribution < 1.29 is 4.79 Å². The third kappa shape index (κ3) is 4.57. The van der Waals surface area contributed by atoms with Gasteiger partial charge in [-0.2, -0.15) is 0 Å². The molecule has 2 aromatic heterocycles. The van der Waals surface area contributed by atoms with E-state index in [9.17, 15) is 4.79 Å². The van der Waals surface area contributed by atoms with Crippen molar-refractivity contribution in [3.63, 3.8) is 0 Å². The first kappa shape index (κ1) is 19.4. The number of pyridine rings is 1. The highest BCUT2D eigenvalue weighted by molar-refractivity contribution is 5.94. The smallest absolute Gasteiger partial charge is 0.254 e. The minimum absolute atomic E-state index is 0.0401. The Bertz CT molecular complexity index is 1080. The van der Waals surface area contributed by atoms with Crippen LogP contribution in [0.4, 0.5) is 0 Å². The molecule has 7 nitrogen and oxygen atoms in total. The molecule has 0 N–H and O–H groups in total. The van der Waals surface area contributed by atoms with Crippen LogP contribution in [0.25, 0.3) is 5.69 Å². The van der Waals surface area contributed by atoms with Gasteiger partial charge in [-0.15, -0.1) is 5.10 Å². The highest BCUT2D eigenvalue weighted by Gasteiger charge is 2.17. The summed E-state index contributed by atoms with van der Waals surface area (Å²) in [6.45, 7) is 3.13. The number of rotatable bonds is 7. The molecule has 1 amide bonds. The van der Waals surface area contributed by atoms with Crippen molar-refractivity contribution in [1.82, 2.24) is 30.1 Å². The van der Waals surface area contributed by atoms with Gasteiger partial charge in [-0.05, 0) is 63.9 Å². The Labute approximate surface area is 175 Å². The topological polar surface area (TPSA) is 76.8 Å². The summed E-state index contributed by atoms with van der Waals surface area (Å²) in [7, 11) is 0. The molecule has 0 aliphatic carbocycles. The van der Waals surface area contributed by atoms with Gasteiger partial charge in [0.05, 0.1) is 5.69 Å². The maximum absolute atomic E-state index is 13.3. The van der Waals surface area contributed by atoms with E-state index in [1.54, 1.807) is 29.2 Å². The number of carbonyl (C=O) groups excluding carboxylic acids is 1. The van der Waals surface area contributed by atoms with Crippen LogP contribution in [-0.2, 0) is 19.5 Å². The molecule has 0 atom stereocenters. The molecule has 7 heteroatoms. The van der Waals surface area contributed by atoms with Gasteiger partial charge in [-0.3, -0.25) is 9.78 Å². The van der Waals surface area contributed by atoms with E-state index in [2.05, 4.69) is 51.7 Å². The summed E-state index contributed by atoms with van der Waals surface area (Å²) in [4.78, 5) is 19.4. The fourth-order valence-electron chi connectivity index (χ4n) is 3.23. The Morgan fingerprint density at radius 3 is 2.30 bits per heavy atom. The zero-order chi connectivity index (χ0) is 20.8. The number of hydrogen-bond acceptors (Lipinski definition) is 5. The lowest BCUT2D eigenvalue weighted by atomic mass is 10.1. The summed E-state index contributed by atoms with van der Waals surface area (Å²) < 4.78 is 1.55. The summed E-state index contributed by atoms with van der Waals surface area (Å²) in [5, 5.41) is 11.2. The minimum Gasteiger partial charge on any atom is -0.330 e. The van der Waals surface area contributed by atoms with Crippen molar-refractivity contribution in [3.8, 4) is 5.69 Å². The molecule has 4 aromatic rings. The van der Waals surface area contributed by atoms with E-state index in [1.165, 1.54) is 11.9 Å². The van der Waals surface area contributed by atoms with E-state index in [0.29, 0.717) is 18.7 Å². The molecular formula is C23H22N6O. The molecule has 2 heterocycles. The zero-order valence-corrected chi connectivity index (χ0v) is 16.7. The number of carbonyl (C=O) groups is 1. The number of benzene rings is 2. The highest BCUT2D eigenvalue weighted by Crippen LogP contribution is 2.16. The predicted molar refractivity (Wildman–Crippen MR) is 113 cm³/mol. The van der Waals surface area contributed by atoms with Crippen molar-refractivity contribution >= 4 is 5.91 Å². The van der Waals surface area contributed by atoms with Crippen molar-refractivity contribution in [2.45, 2.75) is 26.4 Å². The van der Waals surface area contributed by atoms with Gasteiger partial charge in [0.1, 0.15) is 6.33 Å². The summed E-state index contributed by atoms with van der Waals surface area (Å²) in [5.41, 5.74) is 4.77. The summed E-state index contributed by atoms with van der Waals surface area (Å²) in [5.74, 6) is -0.0401. The average Bonchev–Trinajstić information content (AvgIpc) is 3.34. The number of nitrogens with zero attached hydrogens (tertiary/aromatic N) is 6. The first-order valence-electron chi connectivity index (χ1n) is 9.82. The molecule has 0 radical (unpaired) electrons. The van der Waals surface area contributed by atoms with E-state index in [-0.39, 0.29) is 5.91 Å². The third-order valence-corrected chi connectivity index (χ3v) is 4.92. The normalized spacial score (nSPS) is 10.7. The summed E-state index contributed by atoms with van der Waals surface area (Å²) >= 11 is 0. The maximum atomic E-state index is 13.3. The Kier molecular flexibility index (Phi) is 5.89. The molecule has 30 heavy (non-hydrogen) atoms. The molecule has 0 aliphatic rings. The standard InChI is InChI=1S/C23H22N6O/c1-2-18-5-7-19(8-6-18)15-28(16-20-4-3-13-24-14-20)23(30)21-9-11-22(12-10-21)29-17-25-26-27-29/h3-14,17H,2,15-16H2,1H3. The number of amides is 1. The third-order valence-electron chi connectivity index (χ3n) is 4.92. The van der Waals surface area contributed by atoms with Crippen LogP contribution in [0.2, 0.25) is 0 Å². The molecule has 0 bridgehead atoms. The second-order valence-electron chi connectivity index (χ2n) is 6.99. The van der Waals surface area contributed by atoms with Crippen molar-refractivity contribution in [1.29, 1.82) is 0 Å². The summed E-state index contributed by atoms with van der Waals surface area (Å²) in [6, 6.07) is 19.5. The number of tetrazole rings is 1. The van der Waals surface area contributed by atoms with Crippen LogP contribution in [0.15, 0.2) is 79.4 Å². The lowest BCUT2D eigenvalue weighted by molar-refractivity contribution is 0.0730. The Morgan fingerprint density at radius 2 is 1.67 bits per heavy atom. The zero-order valence-electron chi connectivity index (χ0n) is 16.7. The van der Waals surface area contributed by atoms with Gasteiger partial charge in [0.15, 0.2) is 0 Å². The molecule has 0 spiro atoms. The lowest BCUT2D eigenvalue weighted by Gasteiger charge is -2.23. The first-order chi connectivity index (χ1) is 14.7. The molecule has 0 saturated carbocycles. The van der Waals surface area contributed by atoms with Gasteiger partial charge in [0.25, 0.3) is 5.91 Å². The second kappa shape index (κ2) is 9.09. The summed E-state index contributed by atoms with van der Waals surface area (Å²) in [6.07, 6.45) is 6.04. The molecule has 0 aliphatic heterocycles. The van der Waals surface area contributed by atoms with Gasteiger partial charge in [-0.1, -0.05) is 37.3 Å². The monoisotopic (exact) mass is 398 g/mol. The van der Waals surface area contributed by atoms with Crippen LogP contribution in [0.3, 0.4) is 0 Å². The molecule has 0 saturated heterocycles. The van der Waals surface area contributed by atoms with E-state index in [4.69, 9.17) is 0 Å². The van der Waals surface area contributed by atoms with Gasteiger partial charge < -0.3 is 4.90 Å². The van der Waals surface area contributed by atoms with Gasteiger partial charge >= 0.3 is 0 Å². The molecule has 150 valence electrons. The molecule has 4 rings (SSSR count). The van der Waals surface area contributed by atoms with Crippen molar-refractivity contribution in [3.05, 3.63) is 102 Å². The van der Waals surface area contributed by atoms with Crippen LogP contribution in [0.5, 0.6) is 0 Å². The van der Waals surface area contributed by atoms with Gasteiger partial charge in [0.2, 0.25) is 0 Å². The first-order valence-corrected chi connectivity index (χ1v) is 9.82. The van der Waals surface area contributed by atoms with Crippen LogP contribution < -0.4 is 0 Å². The largest absolute Gasteiger partial charge is 0.330 e. The lowest BCUT2D eigenvalue weighted by Crippen LogP contribution is -2.30. The molecular weight excluding hydrogens is 376 g/mol. The Morgan fingerprint density at radius 1 is 0.933 bits per heavy atom. The van der Waals surface area contributed by atoms with Crippen LogP contribution >= 0.6 is 0 Å². The Balaban J connectivity index is 1.57. The molecule has 0 unspecified atom stereocenters. The van der Waals surface area contributed by atoms with E-state index < -0.39 is 0 Å². The van der Waals surface area contributed by atoms with Gasteiger partial charge in [-0.25, -0.2) is 4.68 Å². The van der Waals surface area contributed by atoms with E-state index in [1.807, 2.05) is 29.2 Å². The fourth-order valence-corrected chi connectivity index (χ4v) is 3.23. The SMILES string of the molecule is CCc1ccc(CN(Cc2cccnc2)C(=O)c2ccc(-n3cnnn3)cc2)cc1. The maximum Gasteiger partial charge on any atom is 0.254 e. The van der Waals surface area contributed by atoms with Gasteiger partial charge in [0, 0.05) is 31.0 Å². The van der Waals surface area contributed by atoms with Crippen LogP contribution in [0, 0.1) is 0 Å². The van der Waals surface area contributed by atoms with E-state index in [0.717, 1.165) is 23.2 Å². The van der Waals surface area contributed by atoms with E-state index >= 15 is 0 Å². The minimum atomic E-state index is -0.0401. The quantitative estimate of drug-likeness (QED) is 0.476. The van der Waals surface area contributed by atoms with Crippen molar-refractivity contribution in [2.75, 3.05) is 0 Å². The van der Waals surface area contributed by atoms with Crippen molar-refractivity contribution in [2.24, 2.45) is 0 Å². The highest BCUT2D eigenvalue weighted by atomic mass is 16.2.